The monoisotopic (exact) mass is 494 g/mol. The summed E-state index contributed by atoms with van der Waals surface area (Å²) in [5.74, 6) is -0.323. The molecular weight excluding hydrogens is 468 g/mol. The second kappa shape index (κ2) is 8.98. The number of hydrogen-bond donors (Lipinski definition) is 0. The predicted octanol–water partition coefficient (Wildman–Crippen LogP) is 5.10. The molecule has 0 unspecified atom stereocenters. The van der Waals surface area contributed by atoms with E-state index < -0.39 is 10.0 Å². The van der Waals surface area contributed by atoms with Crippen molar-refractivity contribution in [3.63, 3.8) is 0 Å². The number of amides is 1. The van der Waals surface area contributed by atoms with Crippen molar-refractivity contribution in [3.05, 3.63) is 72.1 Å². The van der Waals surface area contributed by atoms with Gasteiger partial charge in [-0.2, -0.15) is 4.31 Å². The molecule has 4 aromatic rings. The molecule has 9 heteroatoms. The smallest absolute Gasteiger partial charge is 0.281 e. The van der Waals surface area contributed by atoms with Crippen molar-refractivity contribution < 1.29 is 13.2 Å². The first-order valence-corrected chi connectivity index (χ1v) is 13.5. The predicted molar refractivity (Wildman–Crippen MR) is 135 cm³/mol. The summed E-state index contributed by atoms with van der Waals surface area (Å²) in [6, 6.07) is 16.9. The number of sulfonamides is 1. The Morgan fingerprint density at radius 1 is 1.03 bits per heavy atom. The Labute approximate surface area is 203 Å². The Morgan fingerprint density at radius 3 is 2.47 bits per heavy atom. The first-order chi connectivity index (χ1) is 16.4. The Balaban J connectivity index is 1.59. The van der Waals surface area contributed by atoms with Crippen LogP contribution in [0, 0.1) is 6.92 Å². The molecule has 5 rings (SSSR count). The molecule has 1 aliphatic rings. The number of hydrogen-bond acceptors (Lipinski definition) is 5. The third-order valence-corrected chi connectivity index (χ3v) is 9.07. The van der Waals surface area contributed by atoms with Crippen molar-refractivity contribution in [3.8, 4) is 0 Å². The van der Waals surface area contributed by atoms with Gasteiger partial charge in [-0.3, -0.25) is 9.69 Å². The fraction of sp³-hybridized carbons (Fsp3) is 0.280. The average Bonchev–Trinajstić information content (AvgIpc) is 3.45. The Kier molecular flexibility index (Phi) is 6.01. The number of aryl methyl sites for hydroxylation is 2. The molecule has 1 saturated heterocycles. The minimum absolute atomic E-state index is 0.147. The van der Waals surface area contributed by atoms with Crippen LogP contribution in [0.5, 0.6) is 0 Å². The molecule has 7 nitrogen and oxygen atoms in total. The van der Waals surface area contributed by atoms with Crippen LogP contribution in [0.3, 0.4) is 0 Å². The van der Waals surface area contributed by atoms with Gasteiger partial charge in [-0.25, -0.2) is 13.4 Å². The largest absolute Gasteiger partial charge is 0.345 e. The molecule has 0 bridgehead atoms. The summed E-state index contributed by atoms with van der Waals surface area (Å²) in [6.45, 7) is 2.98. The van der Waals surface area contributed by atoms with Crippen molar-refractivity contribution in [2.75, 3.05) is 18.0 Å². The molecular formula is C25H26N4O3S2. The third kappa shape index (κ3) is 4.04. The average molecular weight is 495 g/mol. The van der Waals surface area contributed by atoms with Crippen molar-refractivity contribution in [1.82, 2.24) is 13.9 Å². The summed E-state index contributed by atoms with van der Waals surface area (Å²) in [5, 5.41) is 0.544. The lowest BCUT2D eigenvalue weighted by Gasteiger charge is -2.25. The summed E-state index contributed by atoms with van der Waals surface area (Å²) in [7, 11) is -1.95. The summed E-state index contributed by atoms with van der Waals surface area (Å²) in [5.41, 5.74) is 2.74. The van der Waals surface area contributed by atoms with Gasteiger partial charge in [-0.15, -0.1) is 0 Å². The van der Waals surface area contributed by atoms with Crippen LogP contribution in [0.15, 0.2) is 65.7 Å². The van der Waals surface area contributed by atoms with Crippen LogP contribution in [-0.2, 0) is 17.1 Å². The highest BCUT2D eigenvalue weighted by molar-refractivity contribution is 7.89. The lowest BCUT2D eigenvalue weighted by atomic mass is 10.2. The van der Waals surface area contributed by atoms with Gasteiger partial charge in [0, 0.05) is 26.3 Å². The molecule has 2 aromatic carbocycles. The van der Waals surface area contributed by atoms with E-state index in [0.717, 1.165) is 35.0 Å². The van der Waals surface area contributed by atoms with E-state index >= 15 is 0 Å². The SMILES string of the molecule is Cc1ccccc1N(C(=O)c1cc(S(=O)(=O)N2CCCCC2)cn1C)c1nc2ccccc2s1. The van der Waals surface area contributed by atoms with Crippen molar-refractivity contribution in [2.45, 2.75) is 31.1 Å². The molecule has 1 amide bonds. The first kappa shape index (κ1) is 22.8. The van der Waals surface area contributed by atoms with Crippen molar-refractivity contribution in [2.24, 2.45) is 7.05 Å². The zero-order valence-electron chi connectivity index (χ0n) is 19.1. The van der Waals surface area contributed by atoms with Crippen LogP contribution in [0.2, 0.25) is 0 Å². The Bertz CT molecular complexity index is 1430. The molecule has 0 saturated carbocycles. The summed E-state index contributed by atoms with van der Waals surface area (Å²) in [6.07, 6.45) is 4.29. The Hall–Kier alpha value is -3.01. The lowest BCUT2D eigenvalue weighted by Crippen LogP contribution is -2.35. The topological polar surface area (TPSA) is 75.5 Å². The van der Waals surface area contributed by atoms with E-state index in [0.29, 0.717) is 23.9 Å². The van der Waals surface area contributed by atoms with Crippen LogP contribution in [-0.4, -0.2) is 41.3 Å². The van der Waals surface area contributed by atoms with Crippen molar-refractivity contribution >= 4 is 48.3 Å². The van der Waals surface area contributed by atoms with Gasteiger partial charge in [0.05, 0.1) is 15.9 Å². The third-order valence-electron chi connectivity index (χ3n) is 6.19. The second-order valence-corrected chi connectivity index (χ2v) is 11.5. The number of carbonyl (C=O) groups is 1. The molecule has 0 aliphatic carbocycles. The summed E-state index contributed by atoms with van der Waals surface area (Å²) < 4.78 is 30.6. The van der Waals surface area contributed by atoms with Crippen LogP contribution < -0.4 is 4.90 Å². The molecule has 0 radical (unpaired) electrons. The van der Waals surface area contributed by atoms with E-state index in [4.69, 9.17) is 4.98 Å². The van der Waals surface area contributed by atoms with Crippen LogP contribution in [0.4, 0.5) is 10.8 Å². The van der Waals surface area contributed by atoms with Gasteiger partial charge in [-0.1, -0.05) is 48.1 Å². The van der Waals surface area contributed by atoms with E-state index in [1.54, 1.807) is 16.5 Å². The minimum Gasteiger partial charge on any atom is -0.345 e. The summed E-state index contributed by atoms with van der Waals surface area (Å²) >= 11 is 1.43. The molecule has 0 N–H and O–H groups in total. The Morgan fingerprint density at radius 2 is 1.74 bits per heavy atom. The molecule has 34 heavy (non-hydrogen) atoms. The number of aromatic nitrogens is 2. The van der Waals surface area contributed by atoms with Gasteiger partial charge in [0.1, 0.15) is 10.6 Å². The molecule has 176 valence electrons. The van der Waals surface area contributed by atoms with Crippen LogP contribution in [0.1, 0.15) is 35.3 Å². The van der Waals surface area contributed by atoms with Gasteiger partial charge in [0.25, 0.3) is 5.91 Å². The van der Waals surface area contributed by atoms with Gasteiger partial charge in [0.15, 0.2) is 5.13 Å². The molecule has 0 spiro atoms. The maximum absolute atomic E-state index is 14.0. The fourth-order valence-electron chi connectivity index (χ4n) is 4.33. The van der Waals surface area contributed by atoms with E-state index in [2.05, 4.69) is 0 Å². The number of rotatable bonds is 5. The highest BCUT2D eigenvalue weighted by atomic mass is 32.2. The number of piperidine rings is 1. The molecule has 1 aliphatic heterocycles. The maximum atomic E-state index is 14.0. The molecule has 2 aromatic heterocycles. The minimum atomic E-state index is -3.65. The number of fused-ring (bicyclic) bond motifs is 1. The quantitative estimate of drug-likeness (QED) is 0.387. The maximum Gasteiger partial charge on any atom is 0.281 e. The highest BCUT2D eigenvalue weighted by Crippen LogP contribution is 2.36. The van der Waals surface area contributed by atoms with E-state index in [1.165, 1.54) is 27.9 Å². The van der Waals surface area contributed by atoms with Gasteiger partial charge < -0.3 is 4.57 Å². The lowest BCUT2D eigenvalue weighted by molar-refractivity contribution is 0.0991. The van der Waals surface area contributed by atoms with Gasteiger partial charge in [-0.05, 0) is 49.6 Å². The van der Waals surface area contributed by atoms with Crippen LogP contribution >= 0.6 is 11.3 Å². The number of nitrogens with zero attached hydrogens (tertiary/aromatic N) is 4. The molecule has 0 atom stereocenters. The van der Waals surface area contributed by atoms with Gasteiger partial charge >= 0.3 is 0 Å². The number of thiazole rings is 1. The normalized spacial score (nSPS) is 15.0. The number of benzene rings is 2. The highest BCUT2D eigenvalue weighted by Gasteiger charge is 2.31. The zero-order valence-corrected chi connectivity index (χ0v) is 20.8. The number of para-hydroxylation sites is 2. The van der Waals surface area contributed by atoms with E-state index in [-0.39, 0.29) is 16.5 Å². The molecule has 3 heterocycles. The van der Waals surface area contributed by atoms with Gasteiger partial charge in [0.2, 0.25) is 10.0 Å². The zero-order chi connectivity index (χ0) is 23.9. The number of carbonyl (C=O) groups excluding carboxylic acids is 1. The van der Waals surface area contributed by atoms with Crippen molar-refractivity contribution in [1.29, 1.82) is 0 Å². The number of anilines is 2. The standard InChI is InChI=1S/C25H26N4O3S2/c1-18-10-4-6-12-21(18)29(25-26-20-11-5-7-13-23(20)33-25)24(30)22-16-19(17-27(22)2)34(31,32)28-14-8-3-9-15-28/h4-7,10-13,16-17H,3,8-9,14-15H2,1-2H3. The second-order valence-electron chi connectivity index (χ2n) is 8.53. The first-order valence-electron chi connectivity index (χ1n) is 11.3. The van der Waals surface area contributed by atoms with E-state index in [1.807, 2.05) is 55.5 Å². The fourth-order valence-corrected chi connectivity index (χ4v) is 6.89. The summed E-state index contributed by atoms with van der Waals surface area (Å²) in [4.78, 5) is 20.4. The van der Waals surface area contributed by atoms with Crippen LogP contribution in [0.25, 0.3) is 10.2 Å². The molecule has 1 fully saturated rings. The van der Waals surface area contributed by atoms with E-state index in [9.17, 15) is 13.2 Å².